The molecule has 0 aromatic rings. The molecule has 1 N–H and O–H groups in total. The summed E-state index contributed by atoms with van der Waals surface area (Å²) in [5, 5.41) is 11.5. The second-order valence-corrected chi connectivity index (χ2v) is 9.19. The van der Waals surface area contributed by atoms with Crippen LogP contribution in [0.5, 0.6) is 0 Å². The Kier molecular flexibility index (Phi) is 10.4. The van der Waals surface area contributed by atoms with Gasteiger partial charge in [-0.15, -0.1) is 0 Å². The molecule has 0 saturated carbocycles. The quantitative estimate of drug-likeness (QED) is 0.560. The first-order valence-corrected chi connectivity index (χ1v) is 10.5. The van der Waals surface area contributed by atoms with Crippen molar-refractivity contribution in [2.24, 2.45) is 0 Å². The van der Waals surface area contributed by atoms with Gasteiger partial charge < -0.3 is 24.3 Å². The van der Waals surface area contributed by atoms with Crippen molar-refractivity contribution < 1.29 is 28.5 Å². The van der Waals surface area contributed by atoms with E-state index < -0.39 is 17.3 Å². The van der Waals surface area contributed by atoms with Gasteiger partial charge in [0, 0.05) is 13.0 Å². The highest BCUT2D eigenvalue weighted by Crippen LogP contribution is 2.21. The van der Waals surface area contributed by atoms with E-state index in [9.17, 15) is 9.59 Å². The van der Waals surface area contributed by atoms with E-state index in [1.807, 2.05) is 20.8 Å². The average molecular weight is 428 g/mol. The average Bonchev–Trinajstić information content (AvgIpc) is 3.06. The summed E-state index contributed by atoms with van der Waals surface area (Å²) in [5.41, 5.74) is -1.12. The van der Waals surface area contributed by atoms with Crippen LogP contribution < -0.4 is 5.32 Å². The van der Waals surface area contributed by atoms with E-state index in [-0.39, 0.29) is 18.4 Å². The van der Waals surface area contributed by atoms with E-state index in [2.05, 4.69) is 11.4 Å². The molecule has 9 heteroatoms. The van der Waals surface area contributed by atoms with Crippen LogP contribution in [-0.4, -0.2) is 66.9 Å². The summed E-state index contributed by atoms with van der Waals surface area (Å²) in [4.78, 5) is 25.6. The normalized spacial score (nSPS) is 17.9. The standard InChI is InChI=1S/C21H37N3O6/c1-20(2,3)29-18(25)23-12-14-27-16(8-7-11-22)9-10-17-24(13-15-28-17)19(26)30-21(4,5)6/h16-17H,7-10,12-15H2,1-6H3,(H,23,25). The number of hydrogen-bond donors (Lipinski definition) is 1. The molecule has 2 amide bonds. The minimum Gasteiger partial charge on any atom is -0.444 e. The van der Waals surface area contributed by atoms with Crippen LogP contribution in [0.25, 0.3) is 0 Å². The molecule has 0 bridgehead atoms. The first kappa shape index (κ1) is 26.0. The lowest BCUT2D eigenvalue weighted by atomic mass is 10.1. The minimum absolute atomic E-state index is 0.172. The molecule has 30 heavy (non-hydrogen) atoms. The van der Waals surface area contributed by atoms with Gasteiger partial charge in [0.15, 0.2) is 0 Å². The molecule has 0 aromatic carbocycles. The van der Waals surface area contributed by atoms with Gasteiger partial charge in [-0.2, -0.15) is 5.26 Å². The van der Waals surface area contributed by atoms with Crippen LogP contribution in [0.4, 0.5) is 9.59 Å². The molecule has 1 heterocycles. The zero-order chi connectivity index (χ0) is 22.8. The number of nitriles is 1. The molecule has 1 rings (SSSR count). The smallest absolute Gasteiger partial charge is 0.412 e. The molecule has 1 saturated heterocycles. The number of carbonyl (C=O) groups is 2. The Balaban J connectivity index is 2.45. The maximum atomic E-state index is 12.4. The summed E-state index contributed by atoms with van der Waals surface area (Å²) >= 11 is 0. The van der Waals surface area contributed by atoms with E-state index in [0.29, 0.717) is 52.0 Å². The molecular formula is C21H37N3O6. The Bertz CT molecular complexity index is 591. The number of amides is 2. The maximum absolute atomic E-state index is 12.4. The van der Waals surface area contributed by atoms with Gasteiger partial charge in [0.2, 0.25) is 0 Å². The lowest BCUT2D eigenvalue weighted by molar-refractivity contribution is -0.0228. The van der Waals surface area contributed by atoms with Gasteiger partial charge in [-0.25, -0.2) is 9.59 Å². The first-order valence-electron chi connectivity index (χ1n) is 10.5. The summed E-state index contributed by atoms with van der Waals surface area (Å²) in [7, 11) is 0. The van der Waals surface area contributed by atoms with Gasteiger partial charge in [0.25, 0.3) is 0 Å². The molecular weight excluding hydrogens is 390 g/mol. The molecule has 1 aliphatic heterocycles. The third kappa shape index (κ3) is 11.2. The molecule has 1 fully saturated rings. The summed E-state index contributed by atoms with van der Waals surface area (Å²) < 4.78 is 22.2. The fraction of sp³-hybridized carbons (Fsp3) is 0.857. The molecule has 1 aliphatic rings. The first-order chi connectivity index (χ1) is 13.9. The molecule has 2 atom stereocenters. The predicted molar refractivity (Wildman–Crippen MR) is 111 cm³/mol. The summed E-state index contributed by atoms with van der Waals surface area (Å²) in [6, 6.07) is 2.13. The van der Waals surface area contributed by atoms with Crippen LogP contribution >= 0.6 is 0 Å². The predicted octanol–water partition coefficient (Wildman–Crippen LogP) is 3.57. The molecule has 0 aromatic heterocycles. The van der Waals surface area contributed by atoms with Gasteiger partial charge in [0.05, 0.1) is 31.9 Å². The second-order valence-electron chi connectivity index (χ2n) is 9.19. The molecule has 0 aliphatic carbocycles. The zero-order valence-electron chi connectivity index (χ0n) is 19.2. The summed E-state index contributed by atoms with van der Waals surface area (Å²) in [6.07, 6.45) is 0.719. The Hall–Kier alpha value is -2.05. The van der Waals surface area contributed by atoms with E-state index in [0.717, 1.165) is 0 Å². The van der Waals surface area contributed by atoms with Gasteiger partial charge >= 0.3 is 12.2 Å². The van der Waals surface area contributed by atoms with Crippen LogP contribution in [0.2, 0.25) is 0 Å². The molecule has 2 unspecified atom stereocenters. The summed E-state index contributed by atoms with van der Waals surface area (Å²) in [6.45, 7) is 12.4. The van der Waals surface area contributed by atoms with Crippen molar-refractivity contribution >= 4 is 12.2 Å². The highest BCUT2D eigenvalue weighted by atomic mass is 16.6. The molecule has 9 nitrogen and oxygen atoms in total. The largest absolute Gasteiger partial charge is 0.444 e. The number of nitrogens with one attached hydrogen (secondary N) is 1. The Morgan fingerprint density at radius 2 is 1.83 bits per heavy atom. The Morgan fingerprint density at radius 3 is 2.43 bits per heavy atom. The number of rotatable bonds is 9. The number of carbonyl (C=O) groups excluding carboxylic acids is 2. The van der Waals surface area contributed by atoms with Crippen molar-refractivity contribution in [2.75, 3.05) is 26.3 Å². The molecule has 0 radical (unpaired) electrons. The fourth-order valence-electron chi connectivity index (χ4n) is 2.85. The lowest BCUT2D eigenvalue weighted by Crippen LogP contribution is -2.40. The van der Waals surface area contributed by atoms with Crippen molar-refractivity contribution in [3.63, 3.8) is 0 Å². The van der Waals surface area contributed by atoms with Crippen molar-refractivity contribution in [2.45, 2.75) is 90.8 Å². The van der Waals surface area contributed by atoms with E-state index in [1.54, 1.807) is 25.7 Å². The highest BCUT2D eigenvalue weighted by Gasteiger charge is 2.33. The van der Waals surface area contributed by atoms with Crippen molar-refractivity contribution in [1.82, 2.24) is 10.2 Å². The Morgan fingerprint density at radius 1 is 1.17 bits per heavy atom. The zero-order valence-corrected chi connectivity index (χ0v) is 19.2. The van der Waals surface area contributed by atoms with Crippen LogP contribution in [0.1, 0.15) is 67.2 Å². The van der Waals surface area contributed by atoms with Crippen LogP contribution in [0.15, 0.2) is 0 Å². The van der Waals surface area contributed by atoms with E-state index in [1.165, 1.54) is 0 Å². The van der Waals surface area contributed by atoms with Gasteiger partial charge in [-0.05, 0) is 60.8 Å². The van der Waals surface area contributed by atoms with Gasteiger partial charge in [-0.1, -0.05) is 0 Å². The Labute approximate surface area is 180 Å². The van der Waals surface area contributed by atoms with Gasteiger partial charge in [0.1, 0.15) is 17.4 Å². The number of alkyl carbamates (subject to hydrolysis) is 1. The van der Waals surface area contributed by atoms with Crippen molar-refractivity contribution in [1.29, 1.82) is 5.26 Å². The summed E-state index contributed by atoms with van der Waals surface area (Å²) in [5.74, 6) is 0. The fourth-order valence-corrected chi connectivity index (χ4v) is 2.85. The number of hydrogen-bond acceptors (Lipinski definition) is 7. The maximum Gasteiger partial charge on any atom is 0.412 e. The lowest BCUT2D eigenvalue weighted by Gasteiger charge is -2.28. The molecule has 0 spiro atoms. The van der Waals surface area contributed by atoms with Crippen LogP contribution in [-0.2, 0) is 18.9 Å². The number of nitrogens with zero attached hydrogens (tertiary/aromatic N) is 2. The second kappa shape index (κ2) is 12.0. The minimum atomic E-state index is -0.566. The third-order valence-corrected chi connectivity index (χ3v) is 4.06. The van der Waals surface area contributed by atoms with Crippen molar-refractivity contribution in [3.8, 4) is 6.07 Å². The van der Waals surface area contributed by atoms with Crippen molar-refractivity contribution in [3.05, 3.63) is 0 Å². The number of ether oxygens (including phenoxy) is 4. The van der Waals surface area contributed by atoms with Gasteiger partial charge in [-0.3, -0.25) is 4.90 Å². The SMILES string of the molecule is CC(C)(C)OC(=O)NCCOC(CCC#N)CCC1OCCN1C(=O)OC(C)(C)C. The molecule has 172 valence electrons. The third-order valence-electron chi connectivity index (χ3n) is 4.06. The van der Waals surface area contributed by atoms with E-state index in [4.69, 9.17) is 24.2 Å². The monoisotopic (exact) mass is 427 g/mol. The topological polar surface area (TPSA) is 110 Å². The highest BCUT2D eigenvalue weighted by molar-refractivity contribution is 5.68. The van der Waals surface area contributed by atoms with Crippen LogP contribution in [0, 0.1) is 11.3 Å². The van der Waals surface area contributed by atoms with Crippen LogP contribution in [0.3, 0.4) is 0 Å². The van der Waals surface area contributed by atoms with E-state index >= 15 is 0 Å².